The van der Waals surface area contributed by atoms with Crippen LogP contribution in [0, 0.1) is 0 Å². The van der Waals surface area contributed by atoms with Gasteiger partial charge in [-0.1, -0.05) is 31.2 Å². The van der Waals surface area contributed by atoms with Crippen LogP contribution >= 0.6 is 11.3 Å². The fourth-order valence-corrected chi connectivity index (χ4v) is 4.62. The molecular formula is C15H20N2O2S2. The van der Waals surface area contributed by atoms with Gasteiger partial charge in [-0.25, -0.2) is 8.42 Å². The van der Waals surface area contributed by atoms with Crippen LogP contribution in [0.4, 0.5) is 0 Å². The van der Waals surface area contributed by atoms with Crippen molar-refractivity contribution in [1.82, 2.24) is 9.62 Å². The van der Waals surface area contributed by atoms with Crippen LogP contribution < -0.4 is 5.32 Å². The lowest BCUT2D eigenvalue weighted by Gasteiger charge is -2.21. The van der Waals surface area contributed by atoms with Gasteiger partial charge in [-0.05, 0) is 30.1 Å². The third kappa shape index (κ3) is 3.71. The molecule has 114 valence electrons. The van der Waals surface area contributed by atoms with Gasteiger partial charge in [0.25, 0.3) is 0 Å². The van der Waals surface area contributed by atoms with Gasteiger partial charge in [0.2, 0.25) is 10.0 Å². The second kappa shape index (κ2) is 7.17. The van der Waals surface area contributed by atoms with E-state index in [9.17, 15) is 8.42 Å². The van der Waals surface area contributed by atoms with Gasteiger partial charge in [-0.2, -0.15) is 4.31 Å². The molecule has 21 heavy (non-hydrogen) atoms. The van der Waals surface area contributed by atoms with Crippen molar-refractivity contribution in [3.8, 4) is 0 Å². The molecule has 0 aliphatic carbocycles. The molecule has 0 fully saturated rings. The minimum atomic E-state index is -3.48. The van der Waals surface area contributed by atoms with E-state index in [1.165, 1.54) is 4.31 Å². The Bertz CT molecular complexity index is 667. The molecular weight excluding hydrogens is 304 g/mol. The Hall–Kier alpha value is -1.21. The Kier molecular flexibility index (Phi) is 5.52. The predicted molar refractivity (Wildman–Crippen MR) is 86.8 cm³/mol. The van der Waals surface area contributed by atoms with Crippen LogP contribution in [0.1, 0.15) is 17.4 Å². The number of hydrogen-bond donors (Lipinski definition) is 1. The summed E-state index contributed by atoms with van der Waals surface area (Å²) in [5.41, 5.74) is 0.796. The summed E-state index contributed by atoms with van der Waals surface area (Å²) in [4.78, 5) is 1.43. The normalized spacial score (nSPS) is 12.0. The Morgan fingerprint density at radius 3 is 2.57 bits per heavy atom. The fourth-order valence-electron chi connectivity index (χ4n) is 2.17. The molecule has 0 spiro atoms. The zero-order valence-electron chi connectivity index (χ0n) is 12.2. The van der Waals surface area contributed by atoms with Gasteiger partial charge < -0.3 is 5.32 Å². The molecule has 2 aromatic rings. The molecule has 0 aliphatic rings. The van der Waals surface area contributed by atoms with Crippen molar-refractivity contribution in [3.63, 3.8) is 0 Å². The SMILES string of the molecule is CCN(Cc1cccs1)S(=O)(=O)c1ccccc1CNC. The molecule has 1 aromatic heterocycles. The summed E-state index contributed by atoms with van der Waals surface area (Å²) in [5, 5.41) is 4.98. The molecule has 6 heteroatoms. The number of benzene rings is 1. The molecule has 0 saturated heterocycles. The Labute approximate surface area is 130 Å². The smallest absolute Gasteiger partial charge is 0.243 e. The summed E-state index contributed by atoms with van der Waals surface area (Å²) in [6, 6.07) is 11.1. The number of sulfonamides is 1. The Balaban J connectivity index is 2.35. The number of nitrogens with one attached hydrogen (secondary N) is 1. The largest absolute Gasteiger partial charge is 0.316 e. The van der Waals surface area contributed by atoms with Gasteiger partial charge in [-0.15, -0.1) is 11.3 Å². The van der Waals surface area contributed by atoms with Crippen molar-refractivity contribution in [2.45, 2.75) is 24.9 Å². The number of thiophene rings is 1. The van der Waals surface area contributed by atoms with Crippen LogP contribution in [0.5, 0.6) is 0 Å². The molecule has 2 rings (SSSR count). The third-order valence-electron chi connectivity index (χ3n) is 3.22. The van der Waals surface area contributed by atoms with Gasteiger partial charge >= 0.3 is 0 Å². The zero-order valence-corrected chi connectivity index (χ0v) is 13.9. The van der Waals surface area contributed by atoms with Crippen molar-refractivity contribution in [3.05, 3.63) is 52.2 Å². The second-order valence-electron chi connectivity index (χ2n) is 4.65. The molecule has 1 N–H and O–H groups in total. The van der Waals surface area contributed by atoms with E-state index in [1.807, 2.05) is 43.6 Å². The topological polar surface area (TPSA) is 49.4 Å². The first-order valence-electron chi connectivity index (χ1n) is 6.84. The minimum absolute atomic E-state index is 0.387. The van der Waals surface area contributed by atoms with E-state index < -0.39 is 10.0 Å². The molecule has 0 amide bonds. The van der Waals surface area contributed by atoms with E-state index in [1.54, 1.807) is 23.5 Å². The quantitative estimate of drug-likeness (QED) is 0.852. The fraction of sp³-hybridized carbons (Fsp3) is 0.333. The van der Waals surface area contributed by atoms with Crippen LogP contribution in [-0.4, -0.2) is 26.3 Å². The van der Waals surface area contributed by atoms with Gasteiger partial charge in [0.05, 0.1) is 4.90 Å². The van der Waals surface area contributed by atoms with Crippen LogP contribution in [-0.2, 0) is 23.1 Å². The molecule has 1 aromatic carbocycles. The molecule has 1 heterocycles. The van der Waals surface area contributed by atoms with Crippen molar-refractivity contribution >= 4 is 21.4 Å². The summed E-state index contributed by atoms with van der Waals surface area (Å²) >= 11 is 1.57. The van der Waals surface area contributed by atoms with Gasteiger partial charge in [0.15, 0.2) is 0 Å². The van der Waals surface area contributed by atoms with Gasteiger partial charge in [0.1, 0.15) is 0 Å². The van der Waals surface area contributed by atoms with E-state index in [2.05, 4.69) is 5.32 Å². The summed E-state index contributed by atoms with van der Waals surface area (Å²) in [6.45, 7) is 3.27. The monoisotopic (exact) mass is 324 g/mol. The first-order valence-corrected chi connectivity index (χ1v) is 9.16. The highest BCUT2D eigenvalue weighted by Crippen LogP contribution is 2.23. The molecule has 0 saturated carbocycles. The molecule has 0 radical (unpaired) electrons. The van der Waals surface area contributed by atoms with E-state index in [0.29, 0.717) is 24.5 Å². The maximum Gasteiger partial charge on any atom is 0.243 e. The average molecular weight is 324 g/mol. The van der Waals surface area contributed by atoms with E-state index >= 15 is 0 Å². The summed E-state index contributed by atoms with van der Waals surface area (Å²) in [6.07, 6.45) is 0. The van der Waals surface area contributed by atoms with Crippen molar-refractivity contribution < 1.29 is 8.42 Å². The second-order valence-corrected chi connectivity index (χ2v) is 7.59. The van der Waals surface area contributed by atoms with Gasteiger partial charge in [0, 0.05) is 24.5 Å². The molecule has 4 nitrogen and oxygen atoms in total. The van der Waals surface area contributed by atoms with E-state index in [4.69, 9.17) is 0 Å². The summed E-state index contributed by atoms with van der Waals surface area (Å²) < 4.78 is 27.3. The lowest BCUT2D eigenvalue weighted by molar-refractivity contribution is 0.425. The maximum absolute atomic E-state index is 12.9. The molecule has 0 unspecified atom stereocenters. The van der Waals surface area contributed by atoms with Crippen LogP contribution in [0.25, 0.3) is 0 Å². The number of rotatable bonds is 7. The highest BCUT2D eigenvalue weighted by atomic mass is 32.2. The molecule has 0 aliphatic heterocycles. The van der Waals surface area contributed by atoms with Gasteiger partial charge in [-0.3, -0.25) is 0 Å². The van der Waals surface area contributed by atoms with E-state index in [0.717, 1.165) is 10.4 Å². The number of hydrogen-bond acceptors (Lipinski definition) is 4. The zero-order chi connectivity index (χ0) is 15.3. The van der Waals surface area contributed by atoms with Crippen molar-refractivity contribution in [2.24, 2.45) is 0 Å². The standard InChI is InChI=1S/C15H20N2O2S2/c1-3-17(12-14-8-6-10-20-14)21(18,19)15-9-5-4-7-13(15)11-16-2/h4-10,16H,3,11-12H2,1-2H3. The van der Waals surface area contributed by atoms with Crippen molar-refractivity contribution in [2.75, 3.05) is 13.6 Å². The number of nitrogens with zero attached hydrogens (tertiary/aromatic N) is 1. The Morgan fingerprint density at radius 1 is 1.19 bits per heavy atom. The van der Waals surface area contributed by atoms with Crippen LogP contribution in [0.3, 0.4) is 0 Å². The predicted octanol–water partition coefficient (Wildman–Crippen LogP) is 2.68. The highest BCUT2D eigenvalue weighted by Gasteiger charge is 2.25. The summed E-state index contributed by atoms with van der Waals surface area (Å²) in [5.74, 6) is 0. The summed E-state index contributed by atoms with van der Waals surface area (Å²) in [7, 11) is -1.67. The maximum atomic E-state index is 12.9. The minimum Gasteiger partial charge on any atom is -0.316 e. The van der Waals surface area contributed by atoms with Crippen LogP contribution in [0.2, 0.25) is 0 Å². The highest BCUT2D eigenvalue weighted by molar-refractivity contribution is 7.89. The first-order chi connectivity index (χ1) is 10.1. The molecule has 0 atom stereocenters. The lowest BCUT2D eigenvalue weighted by atomic mass is 10.2. The average Bonchev–Trinajstić information content (AvgIpc) is 2.98. The van der Waals surface area contributed by atoms with Crippen molar-refractivity contribution in [1.29, 1.82) is 0 Å². The lowest BCUT2D eigenvalue weighted by Crippen LogP contribution is -2.31. The third-order valence-corrected chi connectivity index (χ3v) is 6.11. The van der Waals surface area contributed by atoms with E-state index in [-0.39, 0.29) is 0 Å². The van der Waals surface area contributed by atoms with Crippen LogP contribution in [0.15, 0.2) is 46.7 Å². The Morgan fingerprint density at radius 2 is 1.95 bits per heavy atom. The first kappa shape index (κ1) is 16.2. The molecule has 0 bridgehead atoms.